The van der Waals surface area contributed by atoms with Crippen LogP contribution in [-0.2, 0) is 0 Å². The summed E-state index contributed by atoms with van der Waals surface area (Å²) in [7, 11) is 0. The molecule has 1 aromatic rings. The molecule has 1 saturated carbocycles. The Morgan fingerprint density at radius 3 is 2.83 bits per heavy atom. The zero-order chi connectivity index (χ0) is 12.8. The van der Waals surface area contributed by atoms with Crippen molar-refractivity contribution < 1.29 is 0 Å². The molecule has 0 aliphatic heterocycles. The smallest absolute Gasteiger partial charge is 0.0307 e. The number of nitrogens with one attached hydrogen (secondary N) is 1. The number of hydrogen-bond acceptors (Lipinski definition) is 3. The monoisotopic (exact) mass is 264 g/mol. The highest BCUT2D eigenvalue weighted by atomic mass is 32.2. The minimum Gasteiger partial charge on any atom is -0.271 e. The molecule has 0 aromatic heterocycles. The average Bonchev–Trinajstić information content (AvgIpc) is 2.87. The van der Waals surface area contributed by atoms with Gasteiger partial charge in [0.1, 0.15) is 0 Å². The van der Waals surface area contributed by atoms with E-state index < -0.39 is 0 Å². The molecule has 2 rings (SSSR count). The maximum Gasteiger partial charge on any atom is 0.0307 e. The number of thioether (sulfide) groups is 1. The van der Waals surface area contributed by atoms with Gasteiger partial charge in [-0.3, -0.25) is 11.3 Å². The number of hydrazine groups is 1. The van der Waals surface area contributed by atoms with Crippen molar-refractivity contribution in [3.05, 3.63) is 29.8 Å². The van der Waals surface area contributed by atoms with E-state index in [1.54, 1.807) is 0 Å². The molecule has 3 N–H and O–H groups in total. The molecule has 1 atom stereocenters. The molecule has 3 heteroatoms. The molecule has 0 heterocycles. The molecule has 18 heavy (non-hydrogen) atoms. The summed E-state index contributed by atoms with van der Waals surface area (Å²) in [5.74, 6) is 7.64. The third-order valence-corrected chi connectivity index (χ3v) is 4.93. The third kappa shape index (κ3) is 4.30. The van der Waals surface area contributed by atoms with Gasteiger partial charge in [0, 0.05) is 16.7 Å². The highest BCUT2D eigenvalue weighted by Gasteiger charge is 2.19. The van der Waals surface area contributed by atoms with E-state index in [4.69, 9.17) is 5.84 Å². The van der Waals surface area contributed by atoms with Gasteiger partial charge >= 0.3 is 0 Å². The highest BCUT2D eigenvalue weighted by Crippen LogP contribution is 2.30. The second-order valence-corrected chi connectivity index (χ2v) is 6.47. The first-order valence-electron chi connectivity index (χ1n) is 6.93. The van der Waals surface area contributed by atoms with Crippen molar-refractivity contribution in [3.63, 3.8) is 0 Å². The van der Waals surface area contributed by atoms with Crippen molar-refractivity contribution in [2.24, 2.45) is 11.8 Å². The van der Waals surface area contributed by atoms with E-state index in [1.165, 1.54) is 42.6 Å². The third-order valence-electron chi connectivity index (χ3n) is 3.77. The van der Waals surface area contributed by atoms with Crippen LogP contribution in [0.3, 0.4) is 0 Å². The molecule has 1 fully saturated rings. The quantitative estimate of drug-likeness (QED) is 0.469. The topological polar surface area (TPSA) is 38.0 Å². The molecule has 1 aromatic carbocycles. The van der Waals surface area contributed by atoms with Gasteiger partial charge in [-0.15, -0.1) is 11.8 Å². The second-order valence-electron chi connectivity index (χ2n) is 5.38. The largest absolute Gasteiger partial charge is 0.271 e. The van der Waals surface area contributed by atoms with Crippen LogP contribution >= 0.6 is 11.8 Å². The summed E-state index contributed by atoms with van der Waals surface area (Å²) in [6.07, 6.45) is 6.84. The molecule has 1 aliphatic carbocycles. The first kappa shape index (κ1) is 13.9. The van der Waals surface area contributed by atoms with Crippen molar-refractivity contribution in [2.45, 2.75) is 50.0 Å². The van der Waals surface area contributed by atoms with E-state index in [0.717, 1.165) is 11.7 Å². The molecule has 0 amide bonds. The predicted octanol–water partition coefficient (Wildman–Crippen LogP) is 3.50. The lowest BCUT2D eigenvalue weighted by atomic mass is 10.00. The minimum atomic E-state index is 0.443. The van der Waals surface area contributed by atoms with Crippen LogP contribution in [0.2, 0.25) is 0 Å². The lowest BCUT2D eigenvalue weighted by molar-refractivity contribution is 0.415. The van der Waals surface area contributed by atoms with Gasteiger partial charge in [-0.25, -0.2) is 0 Å². The summed E-state index contributed by atoms with van der Waals surface area (Å²) in [5.41, 5.74) is 4.32. The molecule has 2 nitrogen and oxygen atoms in total. The Bertz CT molecular complexity index is 361. The van der Waals surface area contributed by atoms with Crippen LogP contribution in [-0.4, -0.2) is 11.8 Å². The number of aryl methyl sites for hydroxylation is 1. The summed E-state index contributed by atoms with van der Waals surface area (Å²) >= 11 is 1.91. The Hall–Kier alpha value is -0.510. The average molecular weight is 264 g/mol. The Kier molecular flexibility index (Phi) is 5.54. The van der Waals surface area contributed by atoms with Gasteiger partial charge in [0.2, 0.25) is 0 Å². The van der Waals surface area contributed by atoms with Gasteiger partial charge in [-0.1, -0.05) is 43.4 Å². The van der Waals surface area contributed by atoms with Crippen LogP contribution in [0.4, 0.5) is 0 Å². The van der Waals surface area contributed by atoms with Crippen molar-refractivity contribution in [2.75, 3.05) is 5.75 Å². The maximum absolute atomic E-state index is 5.68. The van der Waals surface area contributed by atoms with Crippen LogP contribution in [0.15, 0.2) is 29.2 Å². The van der Waals surface area contributed by atoms with Gasteiger partial charge in [0.15, 0.2) is 0 Å². The van der Waals surface area contributed by atoms with E-state index in [2.05, 4.69) is 36.6 Å². The van der Waals surface area contributed by atoms with E-state index in [1.807, 2.05) is 11.8 Å². The summed E-state index contributed by atoms with van der Waals surface area (Å²) in [6, 6.07) is 9.13. The molecule has 100 valence electrons. The van der Waals surface area contributed by atoms with E-state index in [-0.39, 0.29) is 0 Å². The lowest BCUT2D eigenvalue weighted by Gasteiger charge is -2.19. The number of hydrogen-bond donors (Lipinski definition) is 2. The first-order chi connectivity index (χ1) is 8.78. The van der Waals surface area contributed by atoms with Crippen LogP contribution in [0.25, 0.3) is 0 Å². The molecule has 0 spiro atoms. The predicted molar refractivity (Wildman–Crippen MR) is 79.6 cm³/mol. The fourth-order valence-electron chi connectivity index (χ4n) is 2.73. The van der Waals surface area contributed by atoms with E-state index in [9.17, 15) is 0 Å². The van der Waals surface area contributed by atoms with Gasteiger partial charge in [0.05, 0.1) is 0 Å². The van der Waals surface area contributed by atoms with Crippen LogP contribution in [0.1, 0.15) is 37.7 Å². The Morgan fingerprint density at radius 1 is 1.39 bits per heavy atom. The molecule has 0 bridgehead atoms. The summed E-state index contributed by atoms with van der Waals surface area (Å²) in [4.78, 5) is 1.35. The van der Waals surface area contributed by atoms with Crippen molar-refractivity contribution in [3.8, 4) is 0 Å². The molecule has 0 radical (unpaired) electrons. The van der Waals surface area contributed by atoms with E-state index >= 15 is 0 Å². The van der Waals surface area contributed by atoms with Gasteiger partial charge in [0.25, 0.3) is 0 Å². The normalized spacial score (nSPS) is 18.1. The van der Waals surface area contributed by atoms with Crippen LogP contribution in [0.5, 0.6) is 0 Å². The maximum atomic E-state index is 5.68. The number of rotatable bonds is 6. The van der Waals surface area contributed by atoms with Crippen LogP contribution in [0, 0.1) is 12.8 Å². The highest BCUT2D eigenvalue weighted by molar-refractivity contribution is 7.99. The first-order valence-corrected chi connectivity index (χ1v) is 7.92. The van der Waals surface area contributed by atoms with Crippen LogP contribution < -0.4 is 11.3 Å². The lowest BCUT2D eigenvalue weighted by Crippen LogP contribution is -2.38. The molecule has 1 unspecified atom stereocenters. The summed E-state index contributed by atoms with van der Waals surface area (Å²) in [6.45, 7) is 2.14. The minimum absolute atomic E-state index is 0.443. The fourth-order valence-corrected chi connectivity index (χ4v) is 3.80. The standard InChI is InChI=1S/C15H24N2S/c1-12-5-4-8-15(9-12)18-11-14(17-16)10-13-6-2-3-7-13/h4-5,8-9,13-14,17H,2-3,6-7,10-11,16H2,1H3. The SMILES string of the molecule is Cc1cccc(SCC(CC2CCCC2)NN)c1. The van der Waals surface area contributed by atoms with Gasteiger partial charge in [-0.05, 0) is 31.4 Å². The Morgan fingerprint density at radius 2 is 2.17 bits per heavy atom. The van der Waals surface area contributed by atoms with Crippen molar-refractivity contribution >= 4 is 11.8 Å². The number of benzene rings is 1. The van der Waals surface area contributed by atoms with Crippen molar-refractivity contribution in [1.29, 1.82) is 0 Å². The summed E-state index contributed by atoms with van der Waals surface area (Å²) < 4.78 is 0. The fraction of sp³-hybridized carbons (Fsp3) is 0.600. The molecular formula is C15H24N2S. The Balaban J connectivity index is 1.79. The Labute approximate surface area is 115 Å². The second kappa shape index (κ2) is 7.17. The summed E-state index contributed by atoms with van der Waals surface area (Å²) in [5, 5.41) is 0. The zero-order valence-electron chi connectivity index (χ0n) is 11.2. The zero-order valence-corrected chi connectivity index (χ0v) is 12.0. The van der Waals surface area contributed by atoms with Crippen molar-refractivity contribution in [1.82, 2.24) is 5.43 Å². The van der Waals surface area contributed by atoms with E-state index in [0.29, 0.717) is 6.04 Å². The number of nitrogens with two attached hydrogens (primary N) is 1. The molecule has 1 aliphatic rings. The molecule has 0 saturated heterocycles. The van der Waals surface area contributed by atoms with Gasteiger partial charge in [-0.2, -0.15) is 0 Å². The van der Waals surface area contributed by atoms with Gasteiger partial charge < -0.3 is 0 Å². The molecular weight excluding hydrogens is 240 g/mol.